The molecule has 5 nitrogen and oxygen atoms in total. The molecule has 0 saturated heterocycles. The molecule has 0 aromatic heterocycles. The van der Waals surface area contributed by atoms with Crippen LogP contribution < -0.4 is 10.6 Å². The number of aliphatic imine (C=N–C) groups is 1. The highest BCUT2D eigenvalue weighted by Crippen LogP contribution is 2.09. The minimum absolute atomic E-state index is 0. The molecule has 0 radical (unpaired) electrons. The normalized spacial score (nSPS) is 12.3. The van der Waals surface area contributed by atoms with Crippen LogP contribution >= 0.6 is 24.0 Å². The average molecular weight is 488 g/mol. The van der Waals surface area contributed by atoms with E-state index < -0.39 is 0 Å². The van der Waals surface area contributed by atoms with Gasteiger partial charge in [0.1, 0.15) is 0 Å². The second kappa shape index (κ2) is 13.8. The van der Waals surface area contributed by atoms with Crippen molar-refractivity contribution in [2.45, 2.75) is 53.0 Å². The van der Waals surface area contributed by atoms with Gasteiger partial charge in [0.25, 0.3) is 5.91 Å². The van der Waals surface area contributed by atoms with E-state index in [2.05, 4.69) is 43.3 Å². The molecule has 0 spiro atoms. The van der Waals surface area contributed by atoms with Gasteiger partial charge in [0.05, 0.1) is 0 Å². The lowest BCUT2D eigenvalue weighted by Crippen LogP contribution is -2.42. The fourth-order valence-electron chi connectivity index (χ4n) is 2.62. The summed E-state index contributed by atoms with van der Waals surface area (Å²) in [5.41, 5.74) is 1.86. The third-order valence-electron chi connectivity index (χ3n) is 4.15. The molecule has 1 aromatic rings. The number of carbonyl (C=O) groups excluding carboxylic acids is 1. The molecular weight excluding hydrogens is 451 g/mol. The Bertz CT molecular complexity index is 587. The van der Waals surface area contributed by atoms with Crippen LogP contribution in [0.5, 0.6) is 0 Å². The van der Waals surface area contributed by atoms with Crippen molar-refractivity contribution in [3.8, 4) is 0 Å². The highest BCUT2D eigenvalue weighted by molar-refractivity contribution is 14.0. The third kappa shape index (κ3) is 10.6. The summed E-state index contributed by atoms with van der Waals surface area (Å²) in [4.78, 5) is 18.4. The molecule has 0 fully saturated rings. The largest absolute Gasteiger partial charge is 0.357 e. The zero-order valence-electron chi connectivity index (χ0n) is 17.7. The fourth-order valence-corrected chi connectivity index (χ4v) is 2.62. The Morgan fingerprint density at radius 2 is 1.89 bits per heavy atom. The van der Waals surface area contributed by atoms with Crippen LogP contribution in [0.4, 0.5) is 0 Å². The smallest absolute Gasteiger partial charge is 0.253 e. The van der Waals surface area contributed by atoms with Crippen molar-refractivity contribution in [2.24, 2.45) is 10.9 Å². The first kappa shape index (κ1) is 25.7. The molecule has 2 N–H and O–H groups in total. The number of hydrogen-bond acceptors (Lipinski definition) is 2. The van der Waals surface area contributed by atoms with E-state index >= 15 is 0 Å². The van der Waals surface area contributed by atoms with Crippen LogP contribution in [0.3, 0.4) is 0 Å². The number of nitrogens with zero attached hydrogens (tertiary/aromatic N) is 2. The first-order chi connectivity index (χ1) is 12.3. The molecule has 0 saturated carbocycles. The number of halogens is 1. The Hall–Kier alpha value is -1.31. The van der Waals surface area contributed by atoms with Gasteiger partial charge in [0.2, 0.25) is 0 Å². The molecule has 154 valence electrons. The van der Waals surface area contributed by atoms with E-state index in [9.17, 15) is 4.79 Å². The summed E-state index contributed by atoms with van der Waals surface area (Å²) in [6.07, 6.45) is 3.16. The number of carbonyl (C=O) groups is 1. The third-order valence-corrected chi connectivity index (χ3v) is 4.15. The number of guanidine groups is 1. The number of benzene rings is 1. The highest BCUT2D eigenvalue weighted by atomic mass is 127. The summed E-state index contributed by atoms with van der Waals surface area (Å²) >= 11 is 0. The molecule has 6 heteroatoms. The predicted molar refractivity (Wildman–Crippen MR) is 126 cm³/mol. The molecule has 0 aliphatic heterocycles. The van der Waals surface area contributed by atoms with Crippen LogP contribution in [-0.2, 0) is 6.42 Å². The quantitative estimate of drug-likeness (QED) is 0.315. The fraction of sp³-hybridized carbons (Fsp3) is 0.619. The van der Waals surface area contributed by atoms with Crippen molar-refractivity contribution in [3.05, 3.63) is 35.4 Å². The summed E-state index contributed by atoms with van der Waals surface area (Å²) in [7, 11) is 3.54. The van der Waals surface area contributed by atoms with Crippen LogP contribution in [-0.4, -0.2) is 50.0 Å². The van der Waals surface area contributed by atoms with Crippen molar-refractivity contribution in [2.75, 3.05) is 27.2 Å². The maximum absolute atomic E-state index is 12.1. The van der Waals surface area contributed by atoms with Crippen molar-refractivity contribution in [1.82, 2.24) is 15.5 Å². The van der Waals surface area contributed by atoms with E-state index in [-0.39, 0.29) is 29.9 Å². The Balaban J connectivity index is 0.00000676. The van der Waals surface area contributed by atoms with Gasteiger partial charge in [-0.05, 0) is 56.7 Å². The van der Waals surface area contributed by atoms with Crippen LogP contribution in [0.15, 0.2) is 29.3 Å². The van der Waals surface area contributed by atoms with Gasteiger partial charge in [-0.3, -0.25) is 9.79 Å². The lowest BCUT2D eigenvalue weighted by molar-refractivity contribution is 0.0827. The molecule has 0 aliphatic rings. The SMILES string of the molecule is CCNC(=NCCc1cccc(C(=O)N(C)C)c1)NC(C)CCC(C)C.I. The Kier molecular flexibility index (Phi) is 13.1. The lowest BCUT2D eigenvalue weighted by Gasteiger charge is -2.18. The molecule has 1 aromatic carbocycles. The molecule has 27 heavy (non-hydrogen) atoms. The summed E-state index contributed by atoms with van der Waals surface area (Å²) in [5, 5.41) is 6.79. The van der Waals surface area contributed by atoms with Gasteiger partial charge in [0.15, 0.2) is 5.96 Å². The minimum Gasteiger partial charge on any atom is -0.357 e. The Morgan fingerprint density at radius 3 is 2.48 bits per heavy atom. The van der Waals surface area contributed by atoms with E-state index in [1.807, 2.05) is 24.3 Å². The van der Waals surface area contributed by atoms with E-state index in [1.54, 1.807) is 19.0 Å². The summed E-state index contributed by atoms with van der Waals surface area (Å²) < 4.78 is 0. The van der Waals surface area contributed by atoms with E-state index in [0.717, 1.165) is 42.4 Å². The standard InChI is InChI=1S/C21H36N4O.HI/c1-7-22-21(24-17(4)12-11-16(2)3)23-14-13-18-9-8-10-19(15-18)20(26)25(5)6;/h8-10,15-17H,7,11-14H2,1-6H3,(H2,22,23,24);1H. The van der Waals surface area contributed by atoms with Gasteiger partial charge < -0.3 is 15.5 Å². The highest BCUT2D eigenvalue weighted by Gasteiger charge is 2.09. The van der Waals surface area contributed by atoms with Crippen LogP contribution in [0.2, 0.25) is 0 Å². The van der Waals surface area contributed by atoms with Crippen LogP contribution in [0.1, 0.15) is 56.5 Å². The lowest BCUT2D eigenvalue weighted by atomic mass is 10.0. The molecule has 0 aliphatic carbocycles. The molecule has 1 rings (SSSR count). The molecule has 0 bridgehead atoms. The van der Waals surface area contributed by atoms with Crippen molar-refractivity contribution < 1.29 is 4.79 Å². The maximum Gasteiger partial charge on any atom is 0.253 e. The van der Waals surface area contributed by atoms with Crippen LogP contribution in [0.25, 0.3) is 0 Å². The van der Waals surface area contributed by atoms with Gasteiger partial charge >= 0.3 is 0 Å². The number of rotatable bonds is 9. The molecule has 1 atom stereocenters. The van der Waals surface area contributed by atoms with Gasteiger partial charge in [-0.15, -0.1) is 24.0 Å². The predicted octanol–water partition coefficient (Wildman–Crippen LogP) is 3.93. The second-order valence-corrected chi connectivity index (χ2v) is 7.43. The Morgan fingerprint density at radius 1 is 1.19 bits per heavy atom. The van der Waals surface area contributed by atoms with Gasteiger partial charge in [-0.25, -0.2) is 0 Å². The monoisotopic (exact) mass is 488 g/mol. The molecule has 1 unspecified atom stereocenters. The van der Waals surface area contributed by atoms with Gasteiger partial charge in [-0.2, -0.15) is 0 Å². The number of nitrogens with one attached hydrogen (secondary N) is 2. The Labute approximate surface area is 182 Å². The zero-order chi connectivity index (χ0) is 19.5. The van der Waals surface area contributed by atoms with Gasteiger partial charge in [0, 0.05) is 38.8 Å². The van der Waals surface area contributed by atoms with Crippen molar-refractivity contribution >= 4 is 35.8 Å². The first-order valence-corrected chi connectivity index (χ1v) is 9.68. The minimum atomic E-state index is 0. The van der Waals surface area contributed by atoms with E-state index in [0.29, 0.717) is 12.6 Å². The summed E-state index contributed by atoms with van der Waals surface area (Å²) in [6, 6.07) is 8.21. The van der Waals surface area contributed by atoms with Gasteiger partial charge in [-0.1, -0.05) is 26.0 Å². The average Bonchev–Trinajstić information content (AvgIpc) is 2.59. The molecular formula is C21H37IN4O. The summed E-state index contributed by atoms with van der Waals surface area (Å²) in [5.74, 6) is 1.62. The van der Waals surface area contributed by atoms with E-state index in [4.69, 9.17) is 0 Å². The van der Waals surface area contributed by atoms with E-state index in [1.165, 1.54) is 6.42 Å². The van der Waals surface area contributed by atoms with Crippen LogP contribution in [0, 0.1) is 5.92 Å². The topological polar surface area (TPSA) is 56.7 Å². The second-order valence-electron chi connectivity index (χ2n) is 7.43. The molecule has 0 heterocycles. The van der Waals surface area contributed by atoms with Crippen molar-refractivity contribution in [1.29, 1.82) is 0 Å². The number of amides is 1. The maximum atomic E-state index is 12.1. The first-order valence-electron chi connectivity index (χ1n) is 9.68. The van der Waals surface area contributed by atoms with Crippen molar-refractivity contribution in [3.63, 3.8) is 0 Å². The zero-order valence-corrected chi connectivity index (χ0v) is 20.0. The molecule has 1 amide bonds. The number of hydrogen-bond donors (Lipinski definition) is 2. The summed E-state index contributed by atoms with van der Waals surface area (Å²) in [6.45, 7) is 10.3.